The molecule has 0 radical (unpaired) electrons. The molecule has 1 heterocycles. The Balaban J connectivity index is 2.03. The van der Waals surface area contributed by atoms with Crippen LogP contribution in [-0.2, 0) is 11.3 Å². The van der Waals surface area contributed by atoms with Gasteiger partial charge in [-0.3, -0.25) is 10.1 Å². The number of nitrogens with zero attached hydrogens (tertiary/aromatic N) is 1. The van der Waals surface area contributed by atoms with Crippen LogP contribution in [-0.4, -0.2) is 16.1 Å². The molecule has 88 valence electrons. The number of carbonyl (C=O) groups is 1. The summed E-state index contributed by atoms with van der Waals surface area (Å²) in [6.07, 6.45) is 0. The number of carboxylic acid groups (broad SMARTS) is 1. The van der Waals surface area contributed by atoms with E-state index in [2.05, 4.69) is 10.3 Å². The molecule has 0 aliphatic carbocycles. The first-order valence-corrected chi connectivity index (χ1v) is 6.10. The van der Waals surface area contributed by atoms with Crippen molar-refractivity contribution in [1.82, 2.24) is 10.3 Å². The van der Waals surface area contributed by atoms with Crippen LogP contribution < -0.4 is 5.32 Å². The highest BCUT2D eigenvalue weighted by Crippen LogP contribution is 2.14. The van der Waals surface area contributed by atoms with Crippen LogP contribution >= 0.6 is 11.3 Å². The van der Waals surface area contributed by atoms with Gasteiger partial charge in [-0.15, -0.1) is 11.3 Å². The van der Waals surface area contributed by atoms with Crippen LogP contribution in [0.15, 0.2) is 41.2 Å². The third-order valence-corrected chi connectivity index (χ3v) is 2.95. The van der Waals surface area contributed by atoms with Crippen LogP contribution in [0.2, 0.25) is 0 Å². The highest BCUT2D eigenvalue weighted by atomic mass is 32.1. The molecular weight excluding hydrogens is 236 g/mol. The summed E-state index contributed by atoms with van der Waals surface area (Å²) in [7, 11) is 0. The lowest BCUT2D eigenvalue weighted by atomic mass is 10.2. The fourth-order valence-corrected chi connectivity index (χ4v) is 2.08. The number of thiazole rings is 1. The summed E-state index contributed by atoms with van der Waals surface area (Å²) in [5, 5.41) is 13.9. The first-order chi connectivity index (χ1) is 8.27. The predicted octanol–water partition coefficient (Wildman–Crippen LogP) is 2.06. The average molecular weight is 248 g/mol. The van der Waals surface area contributed by atoms with Crippen molar-refractivity contribution < 1.29 is 9.90 Å². The molecule has 0 fully saturated rings. The smallest absolute Gasteiger partial charge is 0.327 e. The summed E-state index contributed by atoms with van der Waals surface area (Å²) in [5.41, 5.74) is 3.24. The van der Waals surface area contributed by atoms with Gasteiger partial charge in [0.05, 0.1) is 11.2 Å². The van der Waals surface area contributed by atoms with E-state index in [1.54, 1.807) is 10.9 Å². The molecule has 0 spiro atoms. The van der Waals surface area contributed by atoms with Crippen LogP contribution in [0.1, 0.15) is 17.3 Å². The summed E-state index contributed by atoms with van der Waals surface area (Å²) < 4.78 is 0. The van der Waals surface area contributed by atoms with Gasteiger partial charge in [0, 0.05) is 11.9 Å². The lowest BCUT2D eigenvalue weighted by Crippen LogP contribution is -2.28. The highest BCUT2D eigenvalue weighted by Gasteiger charge is 2.20. The number of rotatable bonds is 5. The van der Waals surface area contributed by atoms with Gasteiger partial charge in [0.2, 0.25) is 0 Å². The SMILES string of the molecule is O=C(O)C(NCc1ccccc1)c1cscn1. The number of aromatic nitrogens is 1. The molecular formula is C12H12N2O2S. The molecule has 4 nitrogen and oxygen atoms in total. The molecule has 1 aromatic carbocycles. The van der Waals surface area contributed by atoms with Crippen molar-refractivity contribution in [3.8, 4) is 0 Å². The van der Waals surface area contributed by atoms with Gasteiger partial charge in [-0.1, -0.05) is 30.3 Å². The number of hydrogen-bond donors (Lipinski definition) is 2. The van der Waals surface area contributed by atoms with Gasteiger partial charge < -0.3 is 5.11 Å². The van der Waals surface area contributed by atoms with Crippen LogP contribution in [0, 0.1) is 0 Å². The Morgan fingerprint density at radius 1 is 1.41 bits per heavy atom. The van der Waals surface area contributed by atoms with Crippen molar-refractivity contribution in [1.29, 1.82) is 0 Å². The number of hydrogen-bond acceptors (Lipinski definition) is 4. The van der Waals surface area contributed by atoms with Gasteiger partial charge in [0.25, 0.3) is 0 Å². The monoisotopic (exact) mass is 248 g/mol. The van der Waals surface area contributed by atoms with E-state index in [0.29, 0.717) is 12.2 Å². The van der Waals surface area contributed by atoms with E-state index in [-0.39, 0.29) is 0 Å². The summed E-state index contributed by atoms with van der Waals surface area (Å²) in [6, 6.07) is 8.94. The minimum absolute atomic E-state index is 0.509. The van der Waals surface area contributed by atoms with E-state index in [9.17, 15) is 4.79 Å². The van der Waals surface area contributed by atoms with E-state index < -0.39 is 12.0 Å². The Morgan fingerprint density at radius 3 is 2.76 bits per heavy atom. The fraction of sp³-hybridized carbons (Fsp3) is 0.167. The molecule has 2 N–H and O–H groups in total. The van der Waals surface area contributed by atoms with E-state index in [0.717, 1.165) is 5.56 Å². The largest absolute Gasteiger partial charge is 0.480 e. The molecule has 0 aliphatic rings. The second-order valence-corrected chi connectivity index (χ2v) is 4.27. The molecule has 17 heavy (non-hydrogen) atoms. The van der Waals surface area contributed by atoms with Gasteiger partial charge in [0.1, 0.15) is 6.04 Å². The topological polar surface area (TPSA) is 62.2 Å². The first kappa shape index (κ1) is 11.8. The maximum atomic E-state index is 11.1. The highest BCUT2D eigenvalue weighted by molar-refractivity contribution is 7.07. The Morgan fingerprint density at radius 2 is 2.18 bits per heavy atom. The van der Waals surface area contributed by atoms with Gasteiger partial charge in [0.15, 0.2) is 0 Å². The van der Waals surface area contributed by atoms with Gasteiger partial charge in [-0.05, 0) is 5.56 Å². The number of aliphatic carboxylic acids is 1. The summed E-state index contributed by atoms with van der Waals surface area (Å²) >= 11 is 1.39. The summed E-state index contributed by atoms with van der Waals surface area (Å²) in [4.78, 5) is 15.1. The molecule has 5 heteroatoms. The van der Waals surface area contributed by atoms with Crippen molar-refractivity contribution in [2.75, 3.05) is 0 Å². The van der Waals surface area contributed by atoms with Crippen molar-refractivity contribution in [3.05, 3.63) is 52.5 Å². The van der Waals surface area contributed by atoms with Crippen LogP contribution in [0.3, 0.4) is 0 Å². The zero-order valence-electron chi connectivity index (χ0n) is 9.04. The maximum Gasteiger partial charge on any atom is 0.327 e. The van der Waals surface area contributed by atoms with Crippen molar-refractivity contribution in [2.24, 2.45) is 0 Å². The molecule has 0 aliphatic heterocycles. The van der Waals surface area contributed by atoms with E-state index in [4.69, 9.17) is 5.11 Å². The molecule has 2 rings (SSSR count). The second-order valence-electron chi connectivity index (χ2n) is 3.55. The van der Waals surface area contributed by atoms with Gasteiger partial charge in [-0.2, -0.15) is 0 Å². The zero-order chi connectivity index (χ0) is 12.1. The normalized spacial score (nSPS) is 12.2. The van der Waals surface area contributed by atoms with Crippen molar-refractivity contribution >= 4 is 17.3 Å². The standard InChI is InChI=1S/C12H12N2O2S/c15-12(16)11(10-7-17-8-14-10)13-6-9-4-2-1-3-5-9/h1-5,7-8,11,13H,6H2,(H,15,16). The molecule has 0 amide bonds. The number of benzene rings is 1. The minimum atomic E-state index is -0.910. The molecule has 1 atom stereocenters. The Labute approximate surface area is 103 Å². The lowest BCUT2D eigenvalue weighted by Gasteiger charge is -2.12. The number of carboxylic acids is 1. The lowest BCUT2D eigenvalue weighted by molar-refractivity contribution is -0.139. The average Bonchev–Trinajstić information content (AvgIpc) is 2.84. The van der Waals surface area contributed by atoms with Crippen LogP contribution in [0.25, 0.3) is 0 Å². The molecule has 0 saturated carbocycles. The second kappa shape index (κ2) is 5.56. The quantitative estimate of drug-likeness (QED) is 0.850. The summed E-state index contributed by atoms with van der Waals surface area (Å²) in [6.45, 7) is 0.509. The van der Waals surface area contributed by atoms with Crippen LogP contribution in [0.5, 0.6) is 0 Å². The molecule has 0 saturated heterocycles. The minimum Gasteiger partial charge on any atom is -0.480 e. The van der Waals surface area contributed by atoms with Crippen LogP contribution in [0.4, 0.5) is 0 Å². The predicted molar refractivity (Wildman–Crippen MR) is 65.8 cm³/mol. The third kappa shape index (κ3) is 3.12. The molecule has 1 unspecified atom stereocenters. The number of nitrogens with one attached hydrogen (secondary N) is 1. The molecule has 0 bridgehead atoms. The molecule has 2 aromatic rings. The Hall–Kier alpha value is -1.72. The fourth-order valence-electron chi connectivity index (χ4n) is 1.50. The van der Waals surface area contributed by atoms with E-state index in [1.807, 2.05) is 30.3 Å². The van der Waals surface area contributed by atoms with E-state index in [1.165, 1.54) is 11.3 Å². The first-order valence-electron chi connectivity index (χ1n) is 5.15. The Kier molecular flexibility index (Phi) is 3.85. The van der Waals surface area contributed by atoms with Gasteiger partial charge >= 0.3 is 5.97 Å². The maximum absolute atomic E-state index is 11.1. The zero-order valence-corrected chi connectivity index (χ0v) is 9.85. The summed E-state index contributed by atoms with van der Waals surface area (Å²) in [5.74, 6) is -0.910. The third-order valence-electron chi connectivity index (χ3n) is 2.35. The van der Waals surface area contributed by atoms with Crippen molar-refractivity contribution in [2.45, 2.75) is 12.6 Å². The molecule has 1 aromatic heterocycles. The Bertz CT molecular complexity index is 471. The van der Waals surface area contributed by atoms with E-state index >= 15 is 0 Å². The van der Waals surface area contributed by atoms with Gasteiger partial charge in [-0.25, -0.2) is 4.98 Å². The van der Waals surface area contributed by atoms with Crippen molar-refractivity contribution in [3.63, 3.8) is 0 Å².